The highest BCUT2D eigenvalue weighted by atomic mass is 16.5. The molecule has 1 aliphatic carbocycles. The zero-order valence-corrected chi connectivity index (χ0v) is 13.8. The van der Waals surface area contributed by atoms with Crippen molar-refractivity contribution in [2.75, 3.05) is 6.54 Å². The van der Waals surface area contributed by atoms with E-state index in [2.05, 4.69) is 25.9 Å². The van der Waals surface area contributed by atoms with E-state index in [1.165, 1.54) is 6.42 Å². The van der Waals surface area contributed by atoms with Gasteiger partial charge in [-0.15, -0.1) is 0 Å². The summed E-state index contributed by atoms with van der Waals surface area (Å²) in [6.07, 6.45) is 3.40. The quantitative estimate of drug-likeness (QED) is 0.831. The summed E-state index contributed by atoms with van der Waals surface area (Å²) in [6, 6.07) is 2.16. The Morgan fingerprint density at radius 3 is 2.71 bits per heavy atom. The Hall–Kier alpha value is -1.32. The molecule has 0 radical (unpaired) electrons. The van der Waals surface area contributed by atoms with Crippen LogP contribution >= 0.6 is 0 Å². The van der Waals surface area contributed by atoms with Crippen LogP contribution < -0.4 is 0 Å². The summed E-state index contributed by atoms with van der Waals surface area (Å²) in [5.74, 6) is 1.08. The largest absolute Gasteiger partial charge is 0.360 e. The van der Waals surface area contributed by atoms with Gasteiger partial charge >= 0.3 is 0 Å². The number of carbonyl (C=O) groups is 1. The monoisotopic (exact) mass is 290 g/mol. The molecule has 1 saturated heterocycles. The van der Waals surface area contributed by atoms with E-state index >= 15 is 0 Å². The van der Waals surface area contributed by atoms with E-state index in [1.807, 2.05) is 24.8 Å². The zero-order valence-electron chi connectivity index (χ0n) is 13.8. The predicted molar refractivity (Wildman–Crippen MR) is 81.2 cm³/mol. The van der Waals surface area contributed by atoms with Crippen LogP contribution in [0.2, 0.25) is 0 Å². The fourth-order valence-electron chi connectivity index (χ4n) is 4.51. The standard InChI is InChI=1S/C17H26N2O2/c1-11(2)14-6-13(18-21-14)15(20)19-10-17(5)8-12(19)7-16(3,4)9-17/h6,11-12H,7-10H2,1-5H3. The molecule has 2 heterocycles. The van der Waals surface area contributed by atoms with Gasteiger partial charge in [0.2, 0.25) is 0 Å². The summed E-state index contributed by atoms with van der Waals surface area (Å²) in [5.41, 5.74) is 1.04. The van der Waals surface area contributed by atoms with Gasteiger partial charge in [0.05, 0.1) is 0 Å². The number of aromatic nitrogens is 1. The Bertz CT molecular complexity index is 561. The molecule has 0 aromatic carbocycles. The van der Waals surface area contributed by atoms with Crippen molar-refractivity contribution in [2.45, 2.75) is 65.8 Å². The summed E-state index contributed by atoms with van der Waals surface area (Å²) >= 11 is 0. The molecule has 2 unspecified atom stereocenters. The van der Waals surface area contributed by atoms with Gasteiger partial charge in [-0.05, 0) is 30.1 Å². The molecule has 2 bridgehead atoms. The second kappa shape index (κ2) is 4.59. The first-order chi connectivity index (χ1) is 9.69. The molecule has 4 heteroatoms. The number of amides is 1. The van der Waals surface area contributed by atoms with E-state index in [4.69, 9.17) is 4.52 Å². The highest BCUT2D eigenvalue weighted by molar-refractivity contribution is 5.92. The van der Waals surface area contributed by atoms with Crippen LogP contribution in [-0.4, -0.2) is 28.6 Å². The first-order valence-corrected chi connectivity index (χ1v) is 7.97. The van der Waals surface area contributed by atoms with Crippen LogP contribution in [-0.2, 0) is 0 Å². The number of carbonyl (C=O) groups excluding carboxylic acids is 1. The van der Waals surface area contributed by atoms with Crippen LogP contribution in [0, 0.1) is 10.8 Å². The molecule has 4 nitrogen and oxygen atoms in total. The van der Waals surface area contributed by atoms with Crippen LogP contribution in [0.15, 0.2) is 10.6 Å². The van der Waals surface area contributed by atoms with E-state index < -0.39 is 0 Å². The molecule has 116 valence electrons. The zero-order chi connectivity index (χ0) is 15.4. The average molecular weight is 290 g/mol. The Kier molecular flexibility index (Phi) is 3.19. The molecule has 1 saturated carbocycles. The van der Waals surface area contributed by atoms with Crippen LogP contribution in [0.5, 0.6) is 0 Å². The lowest BCUT2D eigenvalue weighted by molar-refractivity contribution is 0.0698. The Balaban J connectivity index is 1.82. The number of rotatable bonds is 2. The Morgan fingerprint density at radius 2 is 2.10 bits per heavy atom. The molecule has 1 aliphatic heterocycles. The lowest BCUT2D eigenvalue weighted by Gasteiger charge is -2.39. The lowest BCUT2D eigenvalue weighted by atomic mass is 9.65. The van der Waals surface area contributed by atoms with E-state index in [0.29, 0.717) is 17.2 Å². The molecule has 0 spiro atoms. The van der Waals surface area contributed by atoms with E-state index in [-0.39, 0.29) is 17.2 Å². The summed E-state index contributed by atoms with van der Waals surface area (Å²) in [4.78, 5) is 14.8. The van der Waals surface area contributed by atoms with Crippen molar-refractivity contribution in [2.24, 2.45) is 10.8 Å². The minimum absolute atomic E-state index is 0.0390. The van der Waals surface area contributed by atoms with Gasteiger partial charge in [-0.2, -0.15) is 0 Å². The van der Waals surface area contributed by atoms with Crippen molar-refractivity contribution >= 4 is 5.91 Å². The van der Waals surface area contributed by atoms with Gasteiger partial charge in [-0.25, -0.2) is 0 Å². The molecule has 2 fully saturated rings. The molecule has 2 atom stereocenters. The van der Waals surface area contributed by atoms with Gasteiger partial charge in [0.15, 0.2) is 5.69 Å². The van der Waals surface area contributed by atoms with Crippen molar-refractivity contribution in [3.8, 4) is 0 Å². The number of nitrogens with zero attached hydrogens (tertiary/aromatic N) is 2. The maximum absolute atomic E-state index is 12.8. The van der Waals surface area contributed by atoms with E-state index in [0.717, 1.165) is 25.1 Å². The highest BCUT2D eigenvalue weighted by Gasteiger charge is 2.51. The smallest absolute Gasteiger partial charge is 0.276 e. The summed E-state index contributed by atoms with van der Waals surface area (Å²) < 4.78 is 5.29. The lowest BCUT2D eigenvalue weighted by Crippen LogP contribution is -2.37. The van der Waals surface area contributed by atoms with E-state index in [1.54, 1.807) is 0 Å². The molecule has 0 N–H and O–H groups in total. The van der Waals surface area contributed by atoms with Gasteiger partial charge in [0, 0.05) is 24.6 Å². The molecule has 1 amide bonds. The van der Waals surface area contributed by atoms with Crippen molar-refractivity contribution in [3.63, 3.8) is 0 Å². The normalized spacial score (nSPS) is 31.0. The molecule has 2 aliphatic rings. The number of hydrogen-bond donors (Lipinski definition) is 0. The third-order valence-electron chi connectivity index (χ3n) is 4.99. The Morgan fingerprint density at radius 1 is 1.38 bits per heavy atom. The van der Waals surface area contributed by atoms with Crippen LogP contribution in [0.25, 0.3) is 0 Å². The van der Waals surface area contributed by atoms with Crippen molar-refractivity contribution in [1.29, 1.82) is 0 Å². The SMILES string of the molecule is CC(C)c1cc(C(=O)N2CC3(C)CC2CC(C)(C)C3)no1. The summed E-state index contributed by atoms with van der Waals surface area (Å²) in [5, 5.41) is 3.99. The third-order valence-corrected chi connectivity index (χ3v) is 4.99. The fourth-order valence-corrected chi connectivity index (χ4v) is 4.51. The summed E-state index contributed by atoms with van der Waals surface area (Å²) in [7, 11) is 0. The van der Waals surface area contributed by atoms with E-state index in [9.17, 15) is 4.79 Å². The van der Waals surface area contributed by atoms with Crippen LogP contribution in [0.3, 0.4) is 0 Å². The second-order valence-corrected chi connectivity index (χ2v) is 8.42. The topological polar surface area (TPSA) is 46.3 Å². The fraction of sp³-hybridized carbons (Fsp3) is 0.765. The minimum atomic E-state index is 0.0390. The third kappa shape index (κ3) is 2.60. The van der Waals surface area contributed by atoms with Crippen molar-refractivity contribution in [3.05, 3.63) is 17.5 Å². The molecule has 3 rings (SSSR count). The molecule has 1 aromatic heterocycles. The minimum Gasteiger partial charge on any atom is -0.360 e. The first-order valence-electron chi connectivity index (χ1n) is 7.97. The van der Waals surface area contributed by atoms with Crippen molar-refractivity contribution < 1.29 is 9.32 Å². The van der Waals surface area contributed by atoms with Gasteiger partial charge < -0.3 is 9.42 Å². The van der Waals surface area contributed by atoms with Gasteiger partial charge in [-0.3, -0.25) is 4.79 Å². The predicted octanol–water partition coefficient (Wildman–Crippen LogP) is 3.84. The summed E-state index contributed by atoms with van der Waals surface area (Å²) in [6.45, 7) is 11.9. The number of hydrogen-bond acceptors (Lipinski definition) is 3. The van der Waals surface area contributed by atoms with Gasteiger partial charge in [0.25, 0.3) is 5.91 Å². The molecular formula is C17H26N2O2. The van der Waals surface area contributed by atoms with Crippen molar-refractivity contribution in [1.82, 2.24) is 10.1 Å². The average Bonchev–Trinajstić information content (AvgIpc) is 2.90. The van der Waals surface area contributed by atoms with Gasteiger partial charge in [0.1, 0.15) is 5.76 Å². The van der Waals surface area contributed by atoms with Gasteiger partial charge in [-0.1, -0.05) is 39.8 Å². The number of fused-ring (bicyclic) bond motifs is 2. The number of likely N-dealkylation sites (tertiary alicyclic amines) is 1. The highest BCUT2D eigenvalue weighted by Crippen LogP contribution is 2.52. The molecular weight excluding hydrogens is 264 g/mol. The van der Waals surface area contributed by atoms with Crippen LogP contribution in [0.1, 0.15) is 76.0 Å². The molecule has 21 heavy (non-hydrogen) atoms. The molecule has 1 aromatic rings. The first kappa shape index (κ1) is 14.6. The maximum Gasteiger partial charge on any atom is 0.276 e. The maximum atomic E-state index is 12.8. The second-order valence-electron chi connectivity index (χ2n) is 8.42. The Labute approximate surface area is 126 Å². The van der Waals surface area contributed by atoms with Crippen LogP contribution in [0.4, 0.5) is 0 Å².